The van der Waals surface area contributed by atoms with Crippen LogP contribution >= 0.6 is 23.1 Å². The second-order valence-corrected chi connectivity index (χ2v) is 11.0. The van der Waals surface area contributed by atoms with Gasteiger partial charge in [0, 0.05) is 4.90 Å². The van der Waals surface area contributed by atoms with Crippen molar-refractivity contribution in [2.75, 3.05) is 5.75 Å². The average Bonchev–Trinajstić information content (AvgIpc) is 2.93. The van der Waals surface area contributed by atoms with Gasteiger partial charge in [-0.3, -0.25) is 4.79 Å². The first-order valence-electron chi connectivity index (χ1n) is 7.27. The fourth-order valence-electron chi connectivity index (χ4n) is 1.98. The van der Waals surface area contributed by atoms with E-state index in [0.29, 0.717) is 9.77 Å². The van der Waals surface area contributed by atoms with Crippen LogP contribution in [0.25, 0.3) is 0 Å². The monoisotopic (exact) mass is 368 g/mol. The van der Waals surface area contributed by atoms with Gasteiger partial charge >= 0.3 is 0 Å². The van der Waals surface area contributed by atoms with Gasteiger partial charge in [0.1, 0.15) is 0 Å². The molecule has 1 aromatic heterocycles. The Morgan fingerprint density at radius 3 is 2.39 bits per heavy atom. The smallest absolute Gasteiger partial charge is 0.178 e. The molecule has 0 N–H and O–H groups in total. The van der Waals surface area contributed by atoms with Crippen molar-refractivity contribution in [3.05, 3.63) is 40.8 Å². The third-order valence-corrected chi connectivity index (χ3v) is 7.25. The molecule has 1 heterocycles. The molecule has 0 aliphatic carbocycles. The van der Waals surface area contributed by atoms with E-state index in [0.717, 1.165) is 21.0 Å². The van der Waals surface area contributed by atoms with E-state index in [9.17, 15) is 13.2 Å². The zero-order valence-corrected chi connectivity index (χ0v) is 16.1. The molecular formula is C17H20O3S3. The Morgan fingerprint density at radius 1 is 1.17 bits per heavy atom. The van der Waals surface area contributed by atoms with E-state index in [1.807, 2.05) is 12.1 Å². The van der Waals surface area contributed by atoms with E-state index < -0.39 is 9.84 Å². The summed E-state index contributed by atoms with van der Waals surface area (Å²) in [5.74, 6) is 0.0823. The number of thiophene rings is 1. The van der Waals surface area contributed by atoms with Crippen molar-refractivity contribution in [3.8, 4) is 0 Å². The second-order valence-electron chi connectivity index (χ2n) is 6.22. The molecule has 1 aromatic carbocycles. The Morgan fingerprint density at radius 2 is 1.87 bits per heavy atom. The number of carbonyl (C=O) groups excluding carboxylic acids is 1. The van der Waals surface area contributed by atoms with Crippen LogP contribution in [-0.2, 0) is 15.3 Å². The lowest BCUT2D eigenvalue weighted by Gasteiger charge is -2.21. The molecule has 0 bridgehead atoms. The van der Waals surface area contributed by atoms with Gasteiger partial charge in [0.15, 0.2) is 16.1 Å². The van der Waals surface area contributed by atoms with Gasteiger partial charge in [-0.05, 0) is 41.3 Å². The molecule has 0 unspecified atom stereocenters. The maximum atomic E-state index is 12.3. The topological polar surface area (TPSA) is 51.2 Å². The summed E-state index contributed by atoms with van der Waals surface area (Å²) in [6, 6.07) is 9.18. The Bertz CT molecular complexity index is 812. The summed E-state index contributed by atoms with van der Waals surface area (Å²) >= 11 is 2.90. The van der Waals surface area contributed by atoms with Crippen LogP contribution in [0.1, 0.15) is 42.9 Å². The maximum absolute atomic E-state index is 12.3. The molecule has 0 aliphatic rings. The number of rotatable bonds is 5. The molecule has 23 heavy (non-hydrogen) atoms. The van der Waals surface area contributed by atoms with E-state index in [1.54, 1.807) is 25.1 Å². The number of hydrogen-bond acceptors (Lipinski definition) is 5. The summed E-state index contributed by atoms with van der Waals surface area (Å²) in [5, 5.41) is 0. The van der Waals surface area contributed by atoms with Crippen LogP contribution in [0.5, 0.6) is 0 Å². The van der Waals surface area contributed by atoms with Crippen LogP contribution in [0.4, 0.5) is 0 Å². The highest BCUT2D eigenvalue weighted by Crippen LogP contribution is 2.37. The van der Waals surface area contributed by atoms with E-state index in [4.69, 9.17) is 0 Å². The minimum absolute atomic E-state index is 0.0823. The van der Waals surface area contributed by atoms with Crippen LogP contribution in [0.2, 0.25) is 0 Å². The predicted octanol–water partition coefficient (Wildman–Crippen LogP) is 4.80. The first-order valence-corrected chi connectivity index (χ1v) is 10.6. The van der Waals surface area contributed by atoms with Gasteiger partial charge in [0.25, 0.3) is 0 Å². The molecule has 0 atom stereocenters. The van der Waals surface area contributed by atoms with Crippen molar-refractivity contribution in [1.29, 1.82) is 0 Å². The fraction of sp³-hybridized carbons (Fsp3) is 0.353. The second kappa shape index (κ2) is 6.79. The standard InChI is InChI=1S/C17H20O3S3/c1-5-23(19,20)15-9-12(17(2,3)4)8-14(10-15)22-16-7-6-13(11-18)21-16/h6-11H,5H2,1-4H3. The molecule has 6 heteroatoms. The van der Waals surface area contributed by atoms with Crippen molar-refractivity contribution in [2.45, 2.75) is 47.1 Å². The summed E-state index contributed by atoms with van der Waals surface area (Å²) in [7, 11) is -3.26. The van der Waals surface area contributed by atoms with E-state index >= 15 is 0 Å². The van der Waals surface area contributed by atoms with Crippen LogP contribution in [0.3, 0.4) is 0 Å². The Labute approximate surface area is 146 Å². The molecule has 0 amide bonds. The lowest BCUT2D eigenvalue weighted by atomic mass is 9.87. The number of carbonyl (C=O) groups is 1. The van der Waals surface area contributed by atoms with Crippen LogP contribution < -0.4 is 0 Å². The quantitative estimate of drug-likeness (QED) is 0.711. The SMILES string of the molecule is CCS(=O)(=O)c1cc(Sc2ccc(C=O)s2)cc(C(C)(C)C)c1. The summed E-state index contributed by atoms with van der Waals surface area (Å²) in [6.45, 7) is 7.85. The maximum Gasteiger partial charge on any atom is 0.178 e. The highest BCUT2D eigenvalue weighted by Gasteiger charge is 2.20. The molecule has 2 rings (SSSR count). The summed E-state index contributed by atoms with van der Waals surface area (Å²) in [4.78, 5) is 12.7. The summed E-state index contributed by atoms with van der Waals surface area (Å²) in [6.07, 6.45) is 0.827. The van der Waals surface area contributed by atoms with Crippen molar-refractivity contribution >= 4 is 39.2 Å². The Balaban J connectivity index is 2.49. The molecule has 124 valence electrons. The normalized spacial score (nSPS) is 12.3. The number of sulfone groups is 1. The molecule has 0 fully saturated rings. The molecule has 0 spiro atoms. The summed E-state index contributed by atoms with van der Waals surface area (Å²) in [5.41, 5.74) is 0.847. The number of benzene rings is 1. The van der Waals surface area contributed by atoms with Crippen molar-refractivity contribution in [3.63, 3.8) is 0 Å². The van der Waals surface area contributed by atoms with Crippen molar-refractivity contribution < 1.29 is 13.2 Å². The number of aldehydes is 1. The van der Waals surface area contributed by atoms with E-state index in [1.165, 1.54) is 23.1 Å². The number of hydrogen-bond donors (Lipinski definition) is 0. The first-order chi connectivity index (χ1) is 10.7. The average molecular weight is 369 g/mol. The van der Waals surface area contributed by atoms with Gasteiger partial charge in [-0.2, -0.15) is 0 Å². The van der Waals surface area contributed by atoms with Crippen molar-refractivity contribution in [2.24, 2.45) is 0 Å². The third kappa shape index (κ3) is 4.46. The molecule has 0 aliphatic heterocycles. The van der Waals surface area contributed by atoms with Gasteiger partial charge in [0.05, 0.1) is 19.7 Å². The molecule has 0 saturated heterocycles. The largest absolute Gasteiger partial charge is 0.297 e. The Kier molecular flexibility index (Phi) is 5.38. The van der Waals surface area contributed by atoms with Crippen molar-refractivity contribution in [1.82, 2.24) is 0 Å². The third-order valence-electron chi connectivity index (χ3n) is 3.42. The van der Waals surface area contributed by atoms with E-state index in [2.05, 4.69) is 20.8 Å². The van der Waals surface area contributed by atoms with Gasteiger partial charge in [-0.25, -0.2) is 8.42 Å². The van der Waals surface area contributed by atoms with Gasteiger partial charge in [-0.1, -0.05) is 39.5 Å². The molecule has 0 saturated carbocycles. The molecule has 2 aromatic rings. The first kappa shape index (κ1) is 18.2. The van der Waals surface area contributed by atoms with Crippen LogP contribution in [0.15, 0.2) is 44.3 Å². The van der Waals surface area contributed by atoms with Crippen LogP contribution in [0, 0.1) is 0 Å². The Hall–Kier alpha value is -1.11. The highest BCUT2D eigenvalue weighted by molar-refractivity contribution is 8.01. The van der Waals surface area contributed by atoms with Gasteiger partial charge < -0.3 is 0 Å². The highest BCUT2D eigenvalue weighted by atomic mass is 32.2. The zero-order valence-electron chi connectivity index (χ0n) is 13.6. The van der Waals surface area contributed by atoms with Gasteiger partial charge in [0.2, 0.25) is 0 Å². The molecular weight excluding hydrogens is 348 g/mol. The van der Waals surface area contributed by atoms with Gasteiger partial charge in [-0.15, -0.1) is 11.3 Å². The lowest BCUT2D eigenvalue weighted by molar-refractivity contribution is 0.112. The molecule has 0 radical (unpaired) electrons. The zero-order chi connectivity index (χ0) is 17.3. The minimum Gasteiger partial charge on any atom is -0.297 e. The van der Waals surface area contributed by atoms with Crippen LogP contribution in [-0.4, -0.2) is 20.5 Å². The lowest BCUT2D eigenvalue weighted by Crippen LogP contribution is -2.13. The summed E-state index contributed by atoms with van der Waals surface area (Å²) < 4.78 is 25.5. The predicted molar refractivity (Wildman–Crippen MR) is 96.7 cm³/mol. The molecule has 3 nitrogen and oxygen atoms in total. The van der Waals surface area contributed by atoms with E-state index in [-0.39, 0.29) is 11.2 Å². The fourth-order valence-corrected chi connectivity index (χ4v) is 5.04. The minimum atomic E-state index is -3.26.